The van der Waals surface area contributed by atoms with Crippen LogP contribution in [0.5, 0.6) is 0 Å². The van der Waals surface area contributed by atoms with Gasteiger partial charge in [-0.3, -0.25) is 4.79 Å². The quantitative estimate of drug-likeness (QED) is 0.0285. The number of aliphatic hydroxyl groups is 4. The van der Waals surface area contributed by atoms with Crippen molar-refractivity contribution in [2.75, 3.05) is 26.4 Å². The summed E-state index contributed by atoms with van der Waals surface area (Å²) in [4.78, 5) is 12.7. The summed E-state index contributed by atoms with van der Waals surface area (Å²) in [5.41, 5.74) is 0. The van der Waals surface area contributed by atoms with E-state index in [-0.39, 0.29) is 19.2 Å². The highest BCUT2D eigenvalue weighted by molar-refractivity contribution is 5.69. The van der Waals surface area contributed by atoms with Gasteiger partial charge in [-0.05, 0) is 70.6 Å². The number of rotatable bonds is 35. The first-order valence-electron chi connectivity index (χ1n) is 21.2. The van der Waals surface area contributed by atoms with Gasteiger partial charge >= 0.3 is 5.97 Å². The lowest BCUT2D eigenvalue weighted by Crippen LogP contribution is -2.59. The Balaban J connectivity index is 2.32. The summed E-state index contributed by atoms with van der Waals surface area (Å²) in [5, 5.41) is 40.0. The normalized spacial score (nSPS) is 21.5. The van der Waals surface area contributed by atoms with Crippen LogP contribution in [0.2, 0.25) is 0 Å². The van der Waals surface area contributed by atoms with E-state index in [1.807, 2.05) is 0 Å². The molecule has 1 heterocycles. The highest BCUT2D eigenvalue weighted by Crippen LogP contribution is 2.22. The molecule has 1 rings (SSSR count). The van der Waals surface area contributed by atoms with Crippen LogP contribution in [-0.4, -0.2) is 89.6 Å². The molecule has 0 amide bonds. The van der Waals surface area contributed by atoms with Crippen LogP contribution >= 0.6 is 0 Å². The predicted molar refractivity (Wildman–Crippen MR) is 215 cm³/mol. The molecule has 0 aromatic rings. The summed E-state index contributed by atoms with van der Waals surface area (Å²) < 4.78 is 22.7. The minimum atomic E-state index is -1.54. The van der Waals surface area contributed by atoms with E-state index >= 15 is 0 Å². The second-order valence-corrected chi connectivity index (χ2v) is 14.4. The van der Waals surface area contributed by atoms with Gasteiger partial charge in [0, 0.05) is 13.0 Å². The first-order chi connectivity index (χ1) is 25.9. The molecule has 9 nitrogen and oxygen atoms in total. The molecule has 1 saturated heterocycles. The Bertz CT molecular complexity index is 947. The van der Waals surface area contributed by atoms with Gasteiger partial charge in [-0.25, -0.2) is 0 Å². The first-order valence-corrected chi connectivity index (χ1v) is 21.2. The zero-order valence-corrected chi connectivity index (χ0v) is 33.5. The summed E-state index contributed by atoms with van der Waals surface area (Å²) in [6, 6.07) is 0. The summed E-state index contributed by atoms with van der Waals surface area (Å²) in [6.45, 7) is 4.37. The van der Waals surface area contributed by atoms with Crippen LogP contribution in [-0.2, 0) is 23.7 Å². The van der Waals surface area contributed by atoms with Crippen LogP contribution in [0, 0.1) is 0 Å². The fraction of sp³-hybridized carbons (Fsp3) is 0.795. The van der Waals surface area contributed by atoms with Crippen molar-refractivity contribution in [3.05, 3.63) is 48.6 Å². The summed E-state index contributed by atoms with van der Waals surface area (Å²) in [7, 11) is 0. The molecule has 0 saturated carbocycles. The molecule has 0 spiro atoms. The maximum atomic E-state index is 12.7. The maximum Gasteiger partial charge on any atom is 0.306 e. The van der Waals surface area contributed by atoms with E-state index in [0.717, 1.165) is 83.5 Å². The lowest BCUT2D eigenvalue weighted by atomic mass is 9.99. The van der Waals surface area contributed by atoms with E-state index in [1.54, 1.807) is 0 Å². The standard InChI is InChI=1S/C44H78O9/c1-3-5-7-9-11-13-15-17-19-20-21-23-25-27-29-31-33-40(46)52-38(37-51-44-43(49)42(48)41(47)39(35-45)53-44)36-50-34-32-30-28-26-24-22-18-16-14-12-10-8-6-4-2/h6,8,12,14,18-20,22,38-39,41-45,47-49H,3-5,7,9-11,13,15-17,21,23-37H2,1-2H3/b8-6-,14-12-,20-19-,22-18-. The van der Waals surface area contributed by atoms with E-state index in [4.69, 9.17) is 18.9 Å². The van der Waals surface area contributed by atoms with Crippen molar-refractivity contribution >= 4 is 5.97 Å². The minimum Gasteiger partial charge on any atom is -0.457 e. The molecule has 1 aliphatic rings. The largest absolute Gasteiger partial charge is 0.457 e. The van der Waals surface area contributed by atoms with Gasteiger partial charge in [0.1, 0.15) is 30.5 Å². The molecule has 6 atom stereocenters. The zero-order chi connectivity index (χ0) is 38.6. The molecular weight excluding hydrogens is 672 g/mol. The molecule has 53 heavy (non-hydrogen) atoms. The smallest absolute Gasteiger partial charge is 0.306 e. The molecular formula is C44H78O9. The Morgan fingerprint density at radius 1 is 0.623 bits per heavy atom. The van der Waals surface area contributed by atoms with Gasteiger partial charge in [-0.2, -0.15) is 0 Å². The van der Waals surface area contributed by atoms with E-state index < -0.39 is 43.4 Å². The van der Waals surface area contributed by atoms with E-state index in [1.165, 1.54) is 57.8 Å². The van der Waals surface area contributed by atoms with E-state index in [0.29, 0.717) is 13.0 Å². The van der Waals surface area contributed by atoms with Crippen molar-refractivity contribution in [3.63, 3.8) is 0 Å². The maximum absolute atomic E-state index is 12.7. The van der Waals surface area contributed by atoms with Crippen LogP contribution in [0.1, 0.15) is 162 Å². The average molecular weight is 751 g/mol. The van der Waals surface area contributed by atoms with Gasteiger partial charge < -0.3 is 39.4 Å². The lowest BCUT2D eigenvalue weighted by molar-refractivity contribution is -0.305. The number of ether oxygens (including phenoxy) is 4. The Morgan fingerprint density at radius 2 is 1.15 bits per heavy atom. The number of unbranched alkanes of at least 4 members (excludes halogenated alkanes) is 16. The monoisotopic (exact) mass is 751 g/mol. The highest BCUT2D eigenvalue weighted by Gasteiger charge is 2.44. The molecule has 9 heteroatoms. The SMILES string of the molecule is CC/C=C\C/C=C\C/C=C\CCCCCCOCC(COC1OC(CO)C(O)C(O)C1O)OC(=O)CCCCCCC/C=C\CCCCCCCCC. The van der Waals surface area contributed by atoms with E-state index in [9.17, 15) is 25.2 Å². The molecule has 1 aliphatic heterocycles. The van der Waals surface area contributed by atoms with Crippen LogP contribution in [0.25, 0.3) is 0 Å². The number of allylic oxidation sites excluding steroid dienone is 8. The fourth-order valence-electron chi connectivity index (χ4n) is 6.15. The summed E-state index contributed by atoms with van der Waals surface area (Å²) in [6.07, 6.45) is 35.6. The summed E-state index contributed by atoms with van der Waals surface area (Å²) >= 11 is 0. The number of aliphatic hydroxyl groups excluding tert-OH is 4. The second-order valence-electron chi connectivity index (χ2n) is 14.4. The van der Waals surface area contributed by atoms with Gasteiger partial charge in [0.15, 0.2) is 6.29 Å². The predicted octanol–water partition coefficient (Wildman–Crippen LogP) is 8.97. The Kier molecular flexibility index (Phi) is 33.2. The number of carbonyl (C=O) groups is 1. The molecule has 0 aromatic heterocycles. The summed E-state index contributed by atoms with van der Waals surface area (Å²) in [5.74, 6) is -0.332. The third-order valence-corrected chi connectivity index (χ3v) is 9.48. The highest BCUT2D eigenvalue weighted by atomic mass is 16.7. The van der Waals surface area contributed by atoms with Crippen molar-refractivity contribution in [2.45, 2.75) is 198 Å². The molecule has 0 bridgehead atoms. The zero-order valence-electron chi connectivity index (χ0n) is 33.5. The number of hydrogen-bond donors (Lipinski definition) is 4. The Hall–Kier alpha value is -1.85. The fourth-order valence-corrected chi connectivity index (χ4v) is 6.15. The molecule has 308 valence electrons. The number of carbonyl (C=O) groups excluding carboxylic acids is 1. The molecule has 6 unspecified atom stereocenters. The third kappa shape index (κ3) is 27.4. The van der Waals surface area contributed by atoms with Crippen molar-refractivity contribution in [2.24, 2.45) is 0 Å². The van der Waals surface area contributed by atoms with Gasteiger partial charge in [-0.15, -0.1) is 0 Å². The number of hydrogen-bond acceptors (Lipinski definition) is 9. The van der Waals surface area contributed by atoms with Crippen molar-refractivity contribution in [1.82, 2.24) is 0 Å². The van der Waals surface area contributed by atoms with Crippen molar-refractivity contribution in [3.8, 4) is 0 Å². The second kappa shape index (κ2) is 35.8. The topological polar surface area (TPSA) is 135 Å². The lowest BCUT2D eigenvalue weighted by Gasteiger charge is -2.39. The van der Waals surface area contributed by atoms with Gasteiger partial charge in [0.2, 0.25) is 0 Å². The first kappa shape index (κ1) is 49.2. The van der Waals surface area contributed by atoms with E-state index in [2.05, 4.69) is 62.5 Å². The molecule has 0 radical (unpaired) electrons. The molecule has 1 fully saturated rings. The van der Waals surface area contributed by atoms with Crippen LogP contribution in [0.15, 0.2) is 48.6 Å². The van der Waals surface area contributed by atoms with Gasteiger partial charge in [0.05, 0.1) is 19.8 Å². The Morgan fingerprint density at radius 3 is 1.75 bits per heavy atom. The van der Waals surface area contributed by atoms with Crippen molar-refractivity contribution in [1.29, 1.82) is 0 Å². The average Bonchev–Trinajstić information content (AvgIpc) is 3.16. The van der Waals surface area contributed by atoms with Crippen molar-refractivity contribution < 1.29 is 44.2 Å². The molecule has 4 N–H and O–H groups in total. The van der Waals surface area contributed by atoms with Crippen LogP contribution < -0.4 is 0 Å². The Labute approximate surface area is 322 Å². The van der Waals surface area contributed by atoms with Gasteiger partial charge in [0.25, 0.3) is 0 Å². The molecule has 0 aliphatic carbocycles. The third-order valence-electron chi connectivity index (χ3n) is 9.48. The molecule has 0 aromatic carbocycles. The van der Waals surface area contributed by atoms with Crippen LogP contribution in [0.4, 0.5) is 0 Å². The van der Waals surface area contributed by atoms with Crippen LogP contribution in [0.3, 0.4) is 0 Å². The number of esters is 1. The van der Waals surface area contributed by atoms with Gasteiger partial charge in [-0.1, -0.05) is 133 Å². The minimum absolute atomic E-state index is 0.125.